The molecule has 1 aromatic heterocycles. The van der Waals surface area contributed by atoms with Gasteiger partial charge < -0.3 is 19.2 Å². The molecule has 3 rings (SSSR count). The fourth-order valence-electron chi connectivity index (χ4n) is 2.97. The topological polar surface area (TPSA) is 60.7 Å². The van der Waals surface area contributed by atoms with Gasteiger partial charge in [0.1, 0.15) is 5.76 Å². The van der Waals surface area contributed by atoms with Crippen LogP contribution >= 0.6 is 0 Å². The monoisotopic (exact) mass is 329 g/mol. The van der Waals surface area contributed by atoms with E-state index in [0.717, 1.165) is 36.5 Å². The molecule has 1 N–H and O–H groups in total. The van der Waals surface area contributed by atoms with Gasteiger partial charge in [-0.2, -0.15) is 0 Å². The third kappa shape index (κ3) is 3.72. The highest BCUT2D eigenvalue weighted by Gasteiger charge is 2.45. The quantitative estimate of drug-likeness (QED) is 0.756. The zero-order chi connectivity index (χ0) is 16.9. The van der Waals surface area contributed by atoms with Crippen LogP contribution in [0.15, 0.2) is 41.0 Å². The molecule has 1 aliphatic rings. The minimum Gasteiger partial charge on any atom is -0.493 e. The zero-order valence-corrected chi connectivity index (χ0v) is 14.1. The van der Waals surface area contributed by atoms with E-state index in [1.54, 1.807) is 20.5 Å². The van der Waals surface area contributed by atoms with Gasteiger partial charge in [0.25, 0.3) is 0 Å². The second-order valence-corrected chi connectivity index (χ2v) is 6.05. The lowest BCUT2D eigenvalue weighted by Gasteiger charge is -2.10. The predicted molar refractivity (Wildman–Crippen MR) is 90.4 cm³/mol. The molecule has 1 saturated carbocycles. The van der Waals surface area contributed by atoms with Gasteiger partial charge in [-0.25, -0.2) is 0 Å². The summed E-state index contributed by atoms with van der Waals surface area (Å²) in [6.45, 7) is 0.675. The lowest BCUT2D eigenvalue weighted by Crippen LogP contribution is -2.26. The second-order valence-electron chi connectivity index (χ2n) is 6.05. The van der Waals surface area contributed by atoms with E-state index in [1.807, 2.05) is 30.3 Å². The number of amides is 1. The lowest BCUT2D eigenvalue weighted by molar-refractivity contribution is -0.122. The Balaban J connectivity index is 1.40. The third-order valence-corrected chi connectivity index (χ3v) is 4.43. The van der Waals surface area contributed by atoms with E-state index >= 15 is 0 Å². The summed E-state index contributed by atoms with van der Waals surface area (Å²) in [6.07, 6.45) is 4.31. The van der Waals surface area contributed by atoms with Crippen LogP contribution in [0.1, 0.15) is 30.1 Å². The Morgan fingerprint density at radius 1 is 1.25 bits per heavy atom. The first-order valence-corrected chi connectivity index (χ1v) is 8.25. The predicted octanol–water partition coefficient (Wildman–Crippen LogP) is 3.15. The number of nitrogens with one attached hydrogen (secondary N) is 1. The smallest absolute Gasteiger partial charge is 0.223 e. The van der Waals surface area contributed by atoms with E-state index in [1.165, 1.54) is 5.56 Å². The van der Waals surface area contributed by atoms with Crippen LogP contribution in [-0.2, 0) is 11.2 Å². The van der Waals surface area contributed by atoms with Gasteiger partial charge in [-0.1, -0.05) is 6.07 Å². The Kier molecular flexibility index (Phi) is 5.08. The van der Waals surface area contributed by atoms with Crippen molar-refractivity contribution in [3.05, 3.63) is 47.9 Å². The van der Waals surface area contributed by atoms with Crippen LogP contribution < -0.4 is 14.8 Å². The van der Waals surface area contributed by atoms with Crippen molar-refractivity contribution in [3.8, 4) is 11.5 Å². The van der Waals surface area contributed by atoms with Crippen LogP contribution in [0.5, 0.6) is 11.5 Å². The lowest BCUT2D eigenvalue weighted by atomic mass is 10.1. The van der Waals surface area contributed by atoms with Crippen LogP contribution in [-0.4, -0.2) is 26.7 Å². The second kappa shape index (κ2) is 7.43. The van der Waals surface area contributed by atoms with Gasteiger partial charge in [0.15, 0.2) is 11.5 Å². The molecule has 128 valence electrons. The van der Waals surface area contributed by atoms with Gasteiger partial charge in [0.05, 0.1) is 20.5 Å². The summed E-state index contributed by atoms with van der Waals surface area (Å²) in [7, 11) is 3.26. The van der Waals surface area contributed by atoms with Gasteiger partial charge in [-0.05, 0) is 49.1 Å². The summed E-state index contributed by atoms with van der Waals surface area (Å²) in [5, 5.41) is 3.02. The Morgan fingerprint density at radius 3 is 2.79 bits per heavy atom. The molecular weight excluding hydrogens is 306 g/mol. The third-order valence-electron chi connectivity index (χ3n) is 4.43. The number of methoxy groups -OCH3 is 2. The molecule has 2 atom stereocenters. The van der Waals surface area contributed by atoms with E-state index in [2.05, 4.69) is 5.32 Å². The number of benzene rings is 1. The molecular formula is C19H23NO4. The molecule has 5 heteroatoms. The highest BCUT2D eigenvalue weighted by atomic mass is 16.5. The summed E-state index contributed by atoms with van der Waals surface area (Å²) in [5.41, 5.74) is 1.17. The number of hydrogen-bond donors (Lipinski definition) is 1. The van der Waals surface area contributed by atoms with E-state index in [4.69, 9.17) is 13.9 Å². The highest BCUT2D eigenvalue weighted by Crippen LogP contribution is 2.47. The first-order valence-electron chi connectivity index (χ1n) is 8.25. The van der Waals surface area contributed by atoms with E-state index < -0.39 is 0 Å². The molecule has 0 spiro atoms. The van der Waals surface area contributed by atoms with Gasteiger partial charge in [-0.3, -0.25) is 4.79 Å². The van der Waals surface area contributed by atoms with Crippen molar-refractivity contribution >= 4 is 5.91 Å². The largest absolute Gasteiger partial charge is 0.493 e. The first-order chi connectivity index (χ1) is 11.7. The maximum absolute atomic E-state index is 12.1. The highest BCUT2D eigenvalue weighted by molar-refractivity contribution is 5.82. The minimum absolute atomic E-state index is 0.0669. The molecule has 0 aliphatic heterocycles. The molecule has 0 saturated heterocycles. The Hall–Kier alpha value is -2.43. The molecule has 24 heavy (non-hydrogen) atoms. The molecule has 0 radical (unpaired) electrons. The van der Waals surface area contributed by atoms with E-state index in [-0.39, 0.29) is 17.7 Å². The molecule has 1 aliphatic carbocycles. The Labute approximate surface area is 141 Å². The Morgan fingerprint density at radius 2 is 2.08 bits per heavy atom. The van der Waals surface area contributed by atoms with Crippen molar-refractivity contribution in [1.29, 1.82) is 0 Å². The minimum atomic E-state index is 0.0669. The van der Waals surface area contributed by atoms with E-state index in [9.17, 15) is 4.79 Å². The first kappa shape index (κ1) is 16.4. The van der Waals surface area contributed by atoms with Crippen molar-refractivity contribution < 1.29 is 18.7 Å². The number of furan rings is 1. The van der Waals surface area contributed by atoms with Gasteiger partial charge in [-0.15, -0.1) is 0 Å². The average molecular weight is 329 g/mol. The molecule has 2 unspecified atom stereocenters. The van der Waals surface area contributed by atoms with Crippen LogP contribution in [0.25, 0.3) is 0 Å². The molecule has 1 fully saturated rings. The standard InChI is InChI=1S/C19H23NO4/c1-22-17-8-7-13(11-18(17)23-2)5-3-9-20-19(21)15-12-14(15)16-6-4-10-24-16/h4,6-8,10-11,14-15H,3,5,9,12H2,1-2H3,(H,20,21). The number of carbonyl (C=O) groups excluding carboxylic acids is 1. The van der Waals surface area contributed by atoms with Gasteiger partial charge in [0.2, 0.25) is 5.91 Å². The summed E-state index contributed by atoms with van der Waals surface area (Å²) >= 11 is 0. The van der Waals surface area contributed by atoms with Crippen LogP contribution in [0.2, 0.25) is 0 Å². The van der Waals surface area contributed by atoms with Crippen LogP contribution in [0.4, 0.5) is 0 Å². The number of carbonyl (C=O) groups is 1. The van der Waals surface area contributed by atoms with Crippen LogP contribution in [0.3, 0.4) is 0 Å². The SMILES string of the molecule is COc1ccc(CCCNC(=O)C2CC2c2ccco2)cc1OC. The summed E-state index contributed by atoms with van der Waals surface area (Å²) < 4.78 is 15.9. The molecule has 1 amide bonds. The number of aryl methyl sites for hydroxylation is 1. The number of rotatable bonds is 8. The van der Waals surface area contributed by atoms with Crippen molar-refractivity contribution in [2.75, 3.05) is 20.8 Å². The van der Waals surface area contributed by atoms with Crippen molar-refractivity contribution in [2.45, 2.75) is 25.2 Å². The van der Waals surface area contributed by atoms with Gasteiger partial charge >= 0.3 is 0 Å². The van der Waals surface area contributed by atoms with E-state index in [0.29, 0.717) is 6.54 Å². The molecule has 5 nitrogen and oxygen atoms in total. The molecule has 1 aromatic carbocycles. The molecule has 2 aromatic rings. The number of hydrogen-bond acceptors (Lipinski definition) is 4. The molecule has 1 heterocycles. The van der Waals surface area contributed by atoms with Crippen LogP contribution in [0, 0.1) is 5.92 Å². The maximum atomic E-state index is 12.1. The fourth-order valence-corrected chi connectivity index (χ4v) is 2.97. The Bertz CT molecular complexity index is 681. The van der Waals surface area contributed by atoms with Gasteiger partial charge in [0, 0.05) is 18.4 Å². The van der Waals surface area contributed by atoms with Crippen molar-refractivity contribution in [1.82, 2.24) is 5.32 Å². The maximum Gasteiger partial charge on any atom is 0.223 e. The summed E-state index contributed by atoms with van der Waals surface area (Å²) in [4.78, 5) is 12.1. The number of ether oxygens (including phenoxy) is 2. The van der Waals surface area contributed by atoms with Crippen molar-refractivity contribution in [3.63, 3.8) is 0 Å². The van der Waals surface area contributed by atoms with Crippen molar-refractivity contribution in [2.24, 2.45) is 5.92 Å². The fraction of sp³-hybridized carbons (Fsp3) is 0.421. The zero-order valence-electron chi connectivity index (χ0n) is 14.1. The summed E-state index contributed by atoms with van der Waals surface area (Å²) in [5.74, 6) is 2.83. The average Bonchev–Trinajstić information content (AvgIpc) is 3.23. The molecule has 0 bridgehead atoms. The summed E-state index contributed by atoms with van der Waals surface area (Å²) in [6, 6.07) is 9.72. The normalized spacial score (nSPS) is 18.9.